The van der Waals surface area contributed by atoms with Gasteiger partial charge in [-0.25, -0.2) is 8.78 Å². The Morgan fingerprint density at radius 3 is 2.08 bits per heavy atom. The molecule has 2 aromatic rings. The van der Waals surface area contributed by atoms with E-state index < -0.39 is 11.6 Å². The Kier molecular flexibility index (Phi) is 6.75. The van der Waals surface area contributed by atoms with E-state index in [4.69, 9.17) is 0 Å². The number of benzene rings is 2. The molecule has 1 aliphatic rings. The van der Waals surface area contributed by atoms with Gasteiger partial charge in [-0.2, -0.15) is 0 Å². The molecule has 136 valence electrons. The highest BCUT2D eigenvalue weighted by molar-refractivity contribution is 14.1. The summed E-state index contributed by atoms with van der Waals surface area (Å²) in [6, 6.07) is 12.3. The Labute approximate surface area is 167 Å². The number of halogens is 3. The Bertz CT molecular complexity index is 859. The van der Waals surface area contributed by atoms with Crippen molar-refractivity contribution in [3.63, 3.8) is 0 Å². The van der Waals surface area contributed by atoms with Crippen molar-refractivity contribution in [3.8, 4) is 0 Å². The standard InChI is InChI=1S/C20H16F2IN.C2H6/c1-12-9-16(21)19(17(22)10-12)20-15(14-7-5-4-6-8-14)11-18(23)13(2)24(20)3;1-2/h4-11H,2H2,1,3H3;1-2H3. The van der Waals surface area contributed by atoms with Crippen LogP contribution in [0.2, 0.25) is 0 Å². The molecular formula is C22H22F2IN. The lowest BCUT2D eigenvalue weighted by molar-refractivity contribution is 0.549. The molecule has 0 fully saturated rings. The molecule has 0 saturated carbocycles. The van der Waals surface area contributed by atoms with Crippen LogP contribution in [0.4, 0.5) is 8.78 Å². The summed E-state index contributed by atoms with van der Waals surface area (Å²) in [6.45, 7) is 9.70. The maximum Gasteiger partial charge on any atom is 0.135 e. The van der Waals surface area contributed by atoms with Gasteiger partial charge >= 0.3 is 0 Å². The van der Waals surface area contributed by atoms with Crippen molar-refractivity contribution in [2.24, 2.45) is 0 Å². The van der Waals surface area contributed by atoms with E-state index >= 15 is 0 Å². The minimum absolute atomic E-state index is 0.0248. The van der Waals surface area contributed by atoms with E-state index in [-0.39, 0.29) is 5.56 Å². The molecule has 1 nitrogen and oxygen atoms in total. The van der Waals surface area contributed by atoms with Gasteiger partial charge in [0.15, 0.2) is 0 Å². The highest BCUT2D eigenvalue weighted by Crippen LogP contribution is 2.41. The van der Waals surface area contributed by atoms with Crippen molar-refractivity contribution >= 4 is 33.9 Å². The minimum Gasteiger partial charge on any atom is -0.343 e. The zero-order valence-corrected chi connectivity index (χ0v) is 17.6. The lowest BCUT2D eigenvalue weighted by Crippen LogP contribution is -2.22. The van der Waals surface area contributed by atoms with Crippen LogP contribution in [0, 0.1) is 18.6 Å². The molecule has 0 atom stereocenters. The van der Waals surface area contributed by atoms with Gasteiger partial charge in [-0.1, -0.05) is 50.8 Å². The van der Waals surface area contributed by atoms with E-state index in [0.717, 1.165) is 14.7 Å². The lowest BCUT2D eigenvalue weighted by Gasteiger charge is -2.31. The van der Waals surface area contributed by atoms with Gasteiger partial charge < -0.3 is 4.90 Å². The summed E-state index contributed by atoms with van der Waals surface area (Å²) >= 11 is 2.19. The fourth-order valence-corrected chi connectivity index (χ4v) is 3.49. The van der Waals surface area contributed by atoms with Crippen LogP contribution in [-0.2, 0) is 0 Å². The molecule has 1 aliphatic heterocycles. The van der Waals surface area contributed by atoms with E-state index in [0.29, 0.717) is 17.0 Å². The Morgan fingerprint density at radius 1 is 1.00 bits per heavy atom. The summed E-state index contributed by atoms with van der Waals surface area (Å²) in [5.41, 5.74) is 3.41. The number of hydrogen-bond donors (Lipinski definition) is 0. The normalized spacial score (nSPS) is 14.0. The van der Waals surface area contributed by atoms with Crippen LogP contribution < -0.4 is 0 Å². The third kappa shape index (κ3) is 3.90. The van der Waals surface area contributed by atoms with Crippen molar-refractivity contribution in [3.05, 3.63) is 92.7 Å². The molecule has 0 amide bonds. The van der Waals surface area contributed by atoms with Crippen molar-refractivity contribution in [1.82, 2.24) is 4.90 Å². The quantitative estimate of drug-likeness (QED) is 0.434. The minimum atomic E-state index is -0.569. The fraction of sp³-hybridized carbons (Fsp3) is 0.182. The molecular weight excluding hydrogens is 443 g/mol. The molecule has 0 N–H and O–H groups in total. The highest BCUT2D eigenvalue weighted by atomic mass is 127. The molecule has 1 heterocycles. The summed E-state index contributed by atoms with van der Waals surface area (Å²) < 4.78 is 30.2. The van der Waals surface area contributed by atoms with Gasteiger partial charge in [-0.15, -0.1) is 0 Å². The number of hydrogen-bond acceptors (Lipinski definition) is 1. The molecule has 0 saturated heterocycles. The van der Waals surface area contributed by atoms with E-state index in [1.807, 2.05) is 50.3 Å². The van der Waals surface area contributed by atoms with E-state index in [1.54, 1.807) is 18.9 Å². The number of aryl methyl sites for hydroxylation is 1. The van der Waals surface area contributed by atoms with Gasteiger partial charge in [0.2, 0.25) is 0 Å². The first-order valence-electron chi connectivity index (χ1n) is 8.46. The van der Waals surface area contributed by atoms with Crippen LogP contribution in [0.1, 0.15) is 30.5 Å². The first kappa shape index (κ1) is 20.4. The highest BCUT2D eigenvalue weighted by Gasteiger charge is 2.27. The third-order valence-corrected chi connectivity index (χ3v) is 4.98. The Hall–Kier alpha value is -1.95. The SMILES string of the molecule is C=C1C(I)=CC(c2ccccc2)=C(c2c(F)cc(C)cc2F)N1C.CC. The molecule has 0 radical (unpaired) electrons. The van der Waals surface area contributed by atoms with Gasteiger partial charge in [0.05, 0.1) is 11.3 Å². The molecule has 0 aromatic heterocycles. The molecule has 26 heavy (non-hydrogen) atoms. The molecule has 3 rings (SSSR count). The molecule has 0 spiro atoms. The average Bonchev–Trinajstić information content (AvgIpc) is 2.63. The second-order valence-electron chi connectivity index (χ2n) is 5.73. The van der Waals surface area contributed by atoms with Crippen LogP contribution in [0.15, 0.2) is 64.4 Å². The second kappa shape index (κ2) is 8.62. The Morgan fingerprint density at radius 2 is 1.54 bits per heavy atom. The van der Waals surface area contributed by atoms with Crippen LogP contribution in [0.5, 0.6) is 0 Å². The van der Waals surface area contributed by atoms with Crippen LogP contribution in [-0.4, -0.2) is 11.9 Å². The van der Waals surface area contributed by atoms with Gasteiger partial charge in [0.1, 0.15) is 11.6 Å². The summed E-state index contributed by atoms with van der Waals surface area (Å²) in [6.07, 6.45) is 1.92. The average molecular weight is 465 g/mol. The van der Waals surface area contributed by atoms with E-state index in [1.165, 1.54) is 12.1 Å². The monoisotopic (exact) mass is 465 g/mol. The van der Waals surface area contributed by atoms with Crippen molar-refractivity contribution < 1.29 is 8.78 Å². The first-order valence-corrected chi connectivity index (χ1v) is 9.54. The van der Waals surface area contributed by atoms with Gasteiger partial charge in [0, 0.05) is 21.9 Å². The van der Waals surface area contributed by atoms with Crippen molar-refractivity contribution in [2.75, 3.05) is 7.05 Å². The predicted molar refractivity (Wildman–Crippen MR) is 115 cm³/mol. The number of rotatable bonds is 2. The topological polar surface area (TPSA) is 3.24 Å². The first-order chi connectivity index (χ1) is 12.4. The number of allylic oxidation sites excluding steroid dienone is 3. The number of nitrogens with zero attached hydrogens (tertiary/aromatic N) is 1. The zero-order chi connectivity index (χ0) is 19.4. The van der Waals surface area contributed by atoms with Crippen LogP contribution in [0.3, 0.4) is 0 Å². The van der Waals surface area contributed by atoms with Gasteiger partial charge in [0.25, 0.3) is 0 Å². The molecule has 0 bridgehead atoms. The molecule has 0 unspecified atom stereocenters. The maximum absolute atomic E-state index is 14.6. The van der Waals surface area contributed by atoms with E-state index in [2.05, 4.69) is 29.2 Å². The predicted octanol–water partition coefficient (Wildman–Crippen LogP) is 6.95. The summed E-state index contributed by atoms with van der Waals surface area (Å²) in [4.78, 5) is 1.75. The summed E-state index contributed by atoms with van der Waals surface area (Å²) in [5.74, 6) is -1.14. The maximum atomic E-state index is 14.6. The van der Waals surface area contributed by atoms with Crippen LogP contribution in [0.25, 0.3) is 11.3 Å². The zero-order valence-electron chi connectivity index (χ0n) is 15.4. The smallest absolute Gasteiger partial charge is 0.135 e. The van der Waals surface area contributed by atoms with Crippen molar-refractivity contribution in [1.29, 1.82) is 0 Å². The second-order valence-corrected chi connectivity index (χ2v) is 6.89. The summed E-state index contributed by atoms with van der Waals surface area (Å²) in [5, 5.41) is 0. The van der Waals surface area contributed by atoms with Gasteiger partial charge in [-0.05, 0) is 58.9 Å². The Balaban J connectivity index is 0.00000117. The van der Waals surface area contributed by atoms with Gasteiger partial charge in [-0.3, -0.25) is 0 Å². The third-order valence-electron chi connectivity index (χ3n) is 4.05. The van der Waals surface area contributed by atoms with Crippen molar-refractivity contribution in [2.45, 2.75) is 20.8 Å². The molecule has 4 heteroatoms. The van der Waals surface area contributed by atoms with E-state index in [9.17, 15) is 8.78 Å². The summed E-state index contributed by atoms with van der Waals surface area (Å²) in [7, 11) is 1.78. The number of likely N-dealkylation sites (N-methyl/N-ethyl adjacent to an activating group) is 1. The lowest BCUT2D eigenvalue weighted by atomic mass is 9.94. The van der Waals surface area contributed by atoms with Crippen LogP contribution >= 0.6 is 22.6 Å². The fourth-order valence-electron chi connectivity index (χ4n) is 2.82. The molecule has 2 aromatic carbocycles. The largest absolute Gasteiger partial charge is 0.343 e. The molecule has 0 aliphatic carbocycles.